The molecule has 0 unspecified atom stereocenters. The van der Waals surface area contributed by atoms with Crippen molar-refractivity contribution in [3.63, 3.8) is 0 Å². The molecular weight excluding hydrogens is 166 g/mol. The molecule has 5 heteroatoms. The van der Waals surface area contributed by atoms with Crippen LogP contribution in [0, 0.1) is 0 Å². The molecule has 1 rings (SSSR count). The van der Waals surface area contributed by atoms with Crippen LogP contribution in [0.5, 0.6) is 0 Å². The molecule has 0 aliphatic rings. The number of hydrogen-bond donors (Lipinski definition) is 1. The minimum Gasteiger partial charge on any atom is -0.369 e. The maximum atomic E-state index is 10.4. The maximum absolute atomic E-state index is 10.4. The third-order valence-electron chi connectivity index (χ3n) is 1.05. The van der Waals surface area contributed by atoms with E-state index in [2.05, 4.69) is 9.97 Å². The maximum Gasteiger partial charge on any atom is 0.222 e. The normalized spacial score (nSPS) is 9.55. The number of nitrogens with zero attached hydrogens (tertiary/aromatic N) is 2. The van der Waals surface area contributed by atoms with E-state index in [9.17, 15) is 4.79 Å². The molecular formula is C6H6ClN3O. The fourth-order valence-corrected chi connectivity index (χ4v) is 0.729. The zero-order valence-electron chi connectivity index (χ0n) is 5.62. The Morgan fingerprint density at radius 1 is 1.55 bits per heavy atom. The summed E-state index contributed by atoms with van der Waals surface area (Å²) in [6, 6.07) is 0. The first-order chi connectivity index (χ1) is 5.18. The molecule has 1 heterocycles. The Balaban J connectivity index is 2.74. The Hall–Kier alpha value is -1.16. The molecule has 1 aromatic heterocycles. The van der Waals surface area contributed by atoms with Crippen LogP contribution in [0.2, 0.25) is 5.28 Å². The second-order valence-corrected chi connectivity index (χ2v) is 2.34. The van der Waals surface area contributed by atoms with Crippen molar-refractivity contribution < 1.29 is 4.79 Å². The van der Waals surface area contributed by atoms with E-state index in [-0.39, 0.29) is 11.7 Å². The number of nitrogens with two attached hydrogens (primary N) is 1. The smallest absolute Gasteiger partial charge is 0.222 e. The Kier molecular flexibility index (Phi) is 2.38. The summed E-state index contributed by atoms with van der Waals surface area (Å²) in [7, 11) is 0. The van der Waals surface area contributed by atoms with Gasteiger partial charge in [-0.2, -0.15) is 0 Å². The molecule has 1 amide bonds. The summed E-state index contributed by atoms with van der Waals surface area (Å²) in [5, 5.41) is 0.165. The van der Waals surface area contributed by atoms with Crippen molar-refractivity contribution in [2.45, 2.75) is 6.42 Å². The van der Waals surface area contributed by atoms with Crippen LogP contribution in [0.4, 0.5) is 0 Å². The molecule has 0 aliphatic carbocycles. The lowest BCUT2D eigenvalue weighted by Gasteiger charge is -1.94. The van der Waals surface area contributed by atoms with E-state index in [1.165, 1.54) is 12.4 Å². The van der Waals surface area contributed by atoms with Crippen LogP contribution in [0.15, 0.2) is 12.4 Å². The molecule has 0 aromatic carbocycles. The third kappa shape index (κ3) is 2.51. The molecule has 0 radical (unpaired) electrons. The molecule has 0 bridgehead atoms. The predicted molar refractivity (Wildman–Crippen MR) is 39.9 cm³/mol. The minimum atomic E-state index is -0.407. The zero-order valence-corrected chi connectivity index (χ0v) is 6.38. The van der Waals surface area contributed by atoms with Gasteiger partial charge in [-0.25, -0.2) is 9.97 Å². The van der Waals surface area contributed by atoms with Crippen LogP contribution in [-0.4, -0.2) is 15.9 Å². The van der Waals surface area contributed by atoms with E-state index in [1.807, 2.05) is 0 Å². The fraction of sp³-hybridized carbons (Fsp3) is 0.167. The molecule has 11 heavy (non-hydrogen) atoms. The fourth-order valence-electron chi connectivity index (χ4n) is 0.631. The summed E-state index contributed by atoms with van der Waals surface area (Å²) in [5.74, 6) is -0.407. The van der Waals surface area contributed by atoms with E-state index in [4.69, 9.17) is 17.3 Å². The van der Waals surface area contributed by atoms with Gasteiger partial charge in [-0.15, -0.1) is 0 Å². The molecule has 0 saturated heterocycles. The number of carbonyl (C=O) groups excluding carboxylic acids is 1. The monoisotopic (exact) mass is 171 g/mol. The number of rotatable bonds is 2. The van der Waals surface area contributed by atoms with Crippen molar-refractivity contribution in [2.24, 2.45) is 5.73 Å². The van der Waals surface area contributed by atoms with Crippen molar-refractivity contribution in [3.05, 3.63) is 23.2 Å². The molecule has 58 valence electrons. The largest absolute Gasteiger partial charge is 0.369 e. The van der Waals surface area contributed by atoms with E-state index in [0.717, 1.165) is 0 Å². The van der Waals surface area contributed by atoms with Crippen LogP contribution in [-0.2, 0) is 11.2 Å². The Morgan fingerprint density at radius 2 is 2.09 bits per heavy atom. The zero-order chi connectivity index (χ0) is 8.27. The Morgan fingerprint density at radius 3 is 2.55 bits per heavy atom. The van der Waals surface area contributed by atoms with Gasteiger partial charge in [0.2, 0.25) is 11.2 Å². The molecule has 2 N–H and O–H groups in total. The lowest BCUT2D eigenvalue weighted by atomic mass is 10.2. The SMILES string of the molecule is NC(=O)Cc1cnc(Cl)nc1. The van der Waals surface area contributed by atoms with Crippen LogP contribution < -0.4 is 5.73 Å². The van der Waals surface area contributed by atoms with Crippen LogP contribution in [0.3, 0.4) is 0 Å². The molecule has 4 nitrogen and oxygen atoms in total. The van der Waals surface area contributed by atoms with E-state index in [1.54, 1.807) is 0 Å². The highest BCUT2D eigenvalue weighted by Crippen LogP contribution is 2.00. The lowest BCUT2D eigenvalue weighted by Crippen LogP contribution is -2.13. The van der Waals surface area contributed by atoms with Crippen LogP contribution in [0.1, 0.15) is 5.56 Å². The number of primary amides is 1. The predicted octanol–water partition coefficient (Wildman–Crippen LogP) is 0.158. The first-order valence-corrected chi connectivity index (χ1v) is 3.31. The second kappa shape index (κ2) is 3.30. The van der Waals surface area contributed by atoms with E-state index >= 15 is 0 Å². The minimum absolute atomic E-state index is 0.150. The number of aromatic nitrogens is 2. The molecule has 0 fully saturated rings. The molecule has 0 aliphatic heterocycles. The highest BCUT2D eigenvalue weighted by Gasteiger charge is 1.98. The van der Waals surface area contributed by atoms with Crippen molar-refractivity contribution in [1.82, 2.24) is 9.97 Å². The summed E-state index contributed by atoms with van der Waals surface area (Å²) in [6.07, 6.45) is 3.09. The average molecular weight is 172 g/mol. The van der Waals surface area contributed by atoms with Crippen molar-refractivity contribution in [1.29, 1.82) is 0 Å². The summed E-state index contributed by atoms with van der Waals surface area (Å²) in [6.45, 7) is 0. The Bertz CT molecular complexity index is 259. The van der Waals surface area contributed by atoms with Gasteiger partial charge in [0, 0.05) is 12.4 Å². The third-order valence-corrected chi connectivity index (χ3v) is 1.25. The van der Waals surface area contributed by atoms with Gasteiger partial charge in [0.25, 0.3) is 0 Å². The van der Waals surface area contributed by atoms with E-state index < -0.39 is 5.91 Å². The highest BCUT2D eigenvalue weighted by atomic mass is 35.5. The van der Waals surface area contributed by atoms with Crippen molar-refractivity contribution in [3.8, 4) is 0 Å². The van der Waals surface area contributed by atoms with Gasteiger partial charge < -0.3 is 5.73 Å². The summed E-state index contributed by atoms with van der Waals surface area (Å²) >= 11 is 5.41. The summed E-state index contributed by atoms with van der Waals surface area (Å²) in [5.41, 5.74) is 5.60. The van der Waals surface area contributed by atoms with Gasteiger partial charge in [0.15, 0.2) is 0 Å². The molecule has 0 spiro atoms. The van der Waals surface area contributed by atoms with Crippen molar-refractivity contribution in [2.75, 3.05) is 0 Å². The summed E-state index contributed by atoms with van der Waals surface area (Å²) in [4.78, 5) is 17.7. The van der Waals surface area contributed by atoms with Gasteiger partial charge in [-0.05, 0) is 17.2 Å². The molecule has 0 saturated carbocycles. The molecule has 0 atom stereocenters. The first-order valence-electron chi connectivity index (χ1n) is 2.93. The lowest BCUT2D eigenvalue weighted by molar-refractivity contribution is -0.117. The summed E-state index contributed by atoms with van der Waals surface area (Å²) < 4.78 is 0. The quantitative estimate of drug-likeness (QED) is 0.645. The van der Waals surface area contributed by atoms with Crippen LogP contribution in [0.25, 0.3) is 0 Å². The topological polar surface area (TPSA) is 68.9 Å². The number of amides is 1. The van der Waals surface area contributed by atoms with Gasteiger partial charge in [-0.3, -0.25) is 4.79 Å². The molecule has 1 aromatic rings. The van der Waals surface area contributed by atoms with Gasteiger partial charge in [-0.1, -0.05) is 0 Å². The number of halogens is 1. The van der Waals surface area contributed by atoms with Crippen molar-refractivity contribution >= 4 is 17.5 Å². The second-order valence-electron chi connectivity index (χ2n) is 2.00. The first kappa shape index (κ1) is 7.94. The van der Waals surface area contributed by atoms with Crippen LogP contribution >= 0.6 is 11.6 Å². The highest BCUT2D eigenvalue weighted by molar-refractivity contribution is 6.28. The number of carbonyl (C=O) groups is 1. The van der Waals surface area contributed by atoms with Gasteiger partial charge in [0.05, 0.1) is 6.42 Å². The van der Waals surface area contributed by atoms with Gasteiger partial charge >= 0.3 is 0 Å². The number of hydrogen-bond acceptors (Lipinski definition) is 3. The van der Waals surface area contributed by atoms with E-state index in [0.29, 0.717) is 5.56 Å². The standard InChI is InChI=1S/C6H6ClN3O/c7-6-9-2-4(3-10-6)1-5(8)11/h2-3H,1H2,(H2,8,11). The van der Waals surface area contributed by atoms with Gasteiger partial charge in [0.1, 0.15) is 0 Å². The average Bonchev–Trinajstić information content (AvgIpc) is 1.93. The Labute approximate surface area is 68.4 Å².